The van der Waals surface area contributed by atoms with E-state index in [1.54, 1.807) is 24.9 Å². The number of aryl methyl sites for hydroxylation is 1. The minimum Gasteiger partial charge on any atom is -0.479 e. The summed E-state index contributed by atoms with van der Waals surface area (Å²) in [6, 6.07) is 11.4. The molecular weight excluding hydrogens is 254 g/mol. The van der Waals surface area contributed by atoms with Crippen LogP contribution in [0.1, 0.15) is 0 Å². The first-order valence-electron chi connectivity index (χ1n) is 6.20. The Hall–Kier alpha value is -2.50. The van der Waals surface area contributed by atoms with Crippen molar-refractivity contribution in [3.8, 4) is 5.88 Å². The van der Waals surface area contributed by atoms with E-state index in [0.717, 1.165) is 11.4 Å². The number of methoxy groups -OCH3 is 1. The SMILES string of the molecule is COc1ccc(N=Nc2ccc(N(C)C)cc2)[n+](C)n1. The van der Waals surface area contributed by atoms with Crippen LogP contribution in [0.3, 0.4) is 0 Å². The van der Waals surface area contributed by atoms with E-state index in [1.165, 1.54) is 0 Å². The molecule has 0 amide bonds. The van der Waals surface area contributed by atoms with Gasteiger partial charge in [0.15, 0.2) is 0 Å². The highest BCUT2D eigenvalue weighted by molar-refractivity contribution is 5.51. The van der Waals surface area contributed by atoms with Gasteiger partial charge in [-0.15, -0.1) is 4.68 Å². The van der Waals surface area contributed by atoms with E-state index in [4.69, 9.17) is 4.74 Å². The van der Waals surface area contributed by atoms with Crippen molar-refractivity contribution in [1.82, 2.24) is 5.10 Å². The molecule has 1 aromatic carbocycles. The van der Waals surface area contributed by atoms with E-state index < -0.39 is 0 Å². The Balaban J connectivity index is 2.16. The van der Waals surface area contributed by atoms with Gasteiger partial charge in [0.1, 0.15) is 12.7 Å². The number of nitrogens with zero attached hydrogens (tertiary/aromatic N) is 5. The lowest BCUT2D eigenvalue weighted by molar-refractivity contribution is -0.718. The van der Waals surface area contributed by atoms with Crippen LogP contribution in [0.25, 0.3) is 0 Å². The first-order chi connectivity index (χ1) is 9.60. The lowest BCUT2D eigenvalue weighted by Gasteiger charge is -2.11. The quantitative estimate of drug-likeness (QED) is 0.634. The van der Waals surface area contributed by atoms with Gasteiger partial charge in [-0.3, -0.25) is 0 Å². The van der Waals surface area contributed by atoms with Crippen LogP contribution in [-0.4, -0.2) is 26.3 Å². The summed E-state index contributed by atoms with van der Waals surface area (Å²) in [7, 11) is 7.38. The van der Waals surface area contributed by atoms with Gasteiger partial charge >= 0.3 is 5.82 Å². The van der Waals surface area contributed by atoms with Gasteiger partial charge in [0.2, 0.25) is 0 Å². The molecule has 0 fully saturated rings. The van der Waals surface area contributed by atoms with Crippen molar-refractivity contribution in [2.45, 2.75) is 0 Å². The molecule has 0 aliphatic heterocycles. The number of anilines is 1. The van der Waals surface area contributed by atoms with E-state index in [2.05, 4.69) is 15.3 Å². The minimum absolute atomic E-state index is 0.543. The Morgan fingerprint density at radius 1 is 1.05 bits per heavy atom. The van der Waals surface area contributed by atoms with E-state index in [0.29, 0.717) is 11.7 Å². The minimum atomic E-state index is 0.543. The molecule has 1 aromatic heterocycles. The van der Waals surface area contributed by atoms with Crippen molar-refractivity contribution < 1.29 is 9.42 Å². The molecule has 2 rings (SSSR count). The highest BCUT2D eigenvalue weighted by Gasteiger charge is 2.09. The molecule has 0 aliphatic carbocycles. The third-order valence-corrected chi connectivity index (χ3v) is 2.80. The topological polar surface area (TPSA) is 54.0 Å². The number of ether oxygens (including phenoxy) is 1. The summed E-state index contributed by atoms with van der Waals surface area (Å²) in [4.78, 5) is 2.04. The van der Waals surface area contributed by atoms with Crippen LogP contribution in [0.4, 0.5) is 17.2 Å². The summed E-state index contributed by atoms with van der Waals surface area (Å²) in [5.41, 5.74) is 1.92. The maximum absolute atomic E-state index is 5.04. The molecule has 0 bridgehead atoms. The summed E-state index contributed by atoms with van der Waals surface area (Å²) >= 11 is 0. The van der Waals surface area contributed by atoms with E-state index in [-0.39, 0.29) is 0 Å². The molecule has 0 saturated heterocycles. The van der Waals surface area contributed by atoms with E-state index >= 15 is 0 Å². The molecule has 6 heteroatoms. The number of hydrogen-bond acceptors (Lipinski definition) is 5. The van der Waals surface area contributed by atoms with Crippen molar-refractivity contribution >= 4 is 17.2 Å². The van der Waals surface area contributed by atoms with E-state index in [9.17, 15) is 0 Å². The zero-order chi connectivity index (χ0) is 14.5. The van der Waals surface area contributed by atoms with Gasteiger partial charge in [-0.05, 0) is 34.5 Å². The van der Waals surface area contributed by atoms with Crippen molar-refractivity contribution in [3.05, 3.63) is 36.4 Å². The number of hydrogen-bond donors (Lipinski definition) is 0. The Bertz CT molecular complexity index is 607. The predicted molar refractivity (Wildman–Crippen MR) is 76.9 cm³/mol. The summed E-state index contributed by atoms with van der Waals surface area (Å²) < 4.78 is 6.66. The highest BCUT2D eigenvalue weighted by atomic mass is 16.5. The second kappa shape index (κ2) is 6.10. The first-order valence-corrected chi connectivity index (χ1v) is 6.20. The highest BCUT2D eigenvalue weighted by Crippen LogP contribution is 2.20. The van der Waals surface area contributed by atoms with Gasteiger partial charge in [-0.25, -0.2) is 0 Å². The number of rotatable bonds is 4. The second-order valence-electron chi connectivity index (χ2n) is 4.47. The summed E-state index contributed by atoms with van der Waals surface area (Å²) in [5.74, 6) is 1.20. The Labute approximate surface area is 118 Å². The van der Waals surface area contributed by atoms with E-state index in [1.807, 2.05) is 49.3 Å². The fourth-order valence-electron chi connectivity index (χ4n) is 1.62. The van der Waals surface area contributed by atoms with Gasteiger partial charge in [-0.2, -0.15) is 0 Å². The summed E-state index contributed by atoms with van der Waals surface area (Å²) in [6.45, 7) is 0. The van der Waals surface area contributed by atoms with Crippen LogP contribution in [-0.2, 0) is 7.05 Å². The molecule has 1 heterocycles. The van der Waals surface area contributed by atoms with Gasteiger partial charge in [0.25, 0.3) is 5.88 Å². The number of aromatic nitrogens is 2. The average Bonchev–Trinajstić information content (AvgIpc) is 2.46. The Morgan fingerprint density at radius 2 is 1.75 bits per heavy atom. The molecule has 0 unspecified atom stereocenters. The molecule has 0 N–H and O–H groups in total. The third-order valence-electron chi connectivity index (χ3n) is 2.80. The van der Waals surface area contributed by atoms with Crippen molar-refractivity contribution in [2.24, 2.45) is 17.3 Å². The molecular formula is C14H18N5O+. The van der Waals surface area contributed by atoms with Crippen LogP contribution in [0.5, 0.6) is 5.88 Å². The summed E-state index contributed by atoms with van der Waals surface area (Å²) in [6.07, 6.45) is 0. The molecule has 6 nitrogen and oxygen atoms in total. The van der Waals surface area contributed by atoms with Crippen molar-refractivity contribution in [2.75, 3.05) is 26.1 Å². The van der Waals surface area contributed by atoms with Gasteiger partial charge < -0.3 is 9.64 Å². The fourth-order valence-corrected chi connectivity index (χ4v) is 1.62. The lowest BCUT2D eigenvalue weighted by Crippen LogP contribution is -2.33. The molecule has 20 heavy (non-hydrogen) atoms. The number of azo groups is 1. The van der Waals surface area contributed by atoms with Crippen LogP contribution in [0.2, 0.25) is 0 Å². The zero-order valence-corrected chi connectivity index (χ0v) is 12.1. The fraction of sp³-hybridized carbons (Fsp3) is 0.286. The Morgan fingerprint density at radius 3 is 2.30 bits per heavy atom. The molecule has 0 aliphatic rings. The number of benzene rings is 1. The van der Waals surface area contributed by atoms with Crippen LogP contribution in [0.15, 0.2) is 46.6 Å². The van der Waals surface area contributed by atoms with Crippen LogP contribution < -0.4 is 14.3 Å². The van der Waals surface area contributed by atoms with Gasteiger partial charge in [-0.1, -0.05) is 0 Å². The molecule has 0 atom stereocenters. The Kier molecular flexibility index (Phi) is 4.24. The predicted octanol–water partition coefficient (Wildman–Crippen LogP) is 2.40. The maximum Gasteiger partial charge on any atom is 0.370 e. The zero-order valence-electron chi connectivity index (χ0n) is 12.1. The smallest absolute Gasteiger partial charge is 0.370 e. The molecule has 2 aromatic rings. The first kappa shape index (κ1) is 13.9. The third kappa shape index (κ3) is 3.28. The summed E-state index contributed by atoms with van der Waals surface area (Å²) in [5, 5.41) is 12.6. The standard InChI is InChI=1S/C14H18N5O/c1-18(2)12-7-5-11(6-8-12)15-16-13-9-10-14(20-4)17-19(13)3/h5-10H,1-4H3/q+1. The van der Waals surface area contributed by atoms with Gasteiger partial charge in [0, 0.05) is 31.9 Å². The molecule has 0 radical (unpaired) electrons. The second-order valence-corrected chi connectivity index (χ2v) is 4.47. The van der Waals surface area contributed by atoms with Gasteiger partial charge in [0.05, 0.1) is 12.2 Å². The largest absolute Gasteiger partial charge is 0.479 e. The van der Waals surface area contributed by atoms with Crippen LogP contribution >= 0.6 is 0 Å². The monoisotopic (exact) mass is 272 g/mol. The maximum atomic E-state index is 5.04. The molecule has 104 valence electrons. The molecule has 0 saturated carbocycles. The van der Waals surface area contributed by atoms with Crippen LogP contribution in [0, 0.1) is 0 Å². The normalized spacial score (nSPS) is 10.8. The van der Waals surface area contributed by atoms with Crippen molar-refractivity contribution in [3.63, 3.8) is 0 Å². The average molecular weight is 272 g/mol. The lowest BCUT2D eigenvalue weighted by atomic mass is 10.3. The van der Waals surface area contributed by atoms with Crippen molar-refractivity contribution in [1.29, 1.82) is 0 Å². The molecule has 0 spiro atoms.